The van der Waals surface area contributed by atoms with Crippen LogP contribution in [0.3, 0.4) is 0 Å². The third-order valence-electron chi connectivity index (χ3n) is 3.05. The van der Waals surface area contributed by atoms with Gasteiger partial charge in [-0.05, 0) is 36.8 Å². The molecular formula is C16H14Cl2N2O. The Labute approximate surface area is 133 Å². The fourth-order valence-electron chi connectivity index (χ4n) is 1.81. The molecule has 0 spiro atoms. The molecular weight excluding hydrogens is 307 g/mol. The van der Waals surface area contributed by atoms with Crippen LogP contribution in [0.1, 0.15) is 29.7 Å². The predicted octanol–water partition coefficient (Wildman–Crippen LogP) is 4.46. The van der Waals surface area contributed by atoms with Crippen molar-refractivity contribution >= 4 is 23.2 Å². The molecule has 108 valence electrons. The van der Waals surface area contributed by atoms with Gasteiger partial charge in [-0.2, -0.15) is 5.26 Å². The van der Waals surface area contributed by atoms with E-state index in [1.165, 1.54) is 0 Å². The van der Waals surface area contributed by atoms with Crippen LogP contribution in [0, 0.1) is 11.3 Å². The van der Waals surface area contributed by atoms with E-state index >= 15 is 0 Å². The van der Waals surface area contributed by atoms with E-state index < -0.39 is 0 Å². The van der Waals surface area contributed by atoms with E-state index in [9.17, 15) is 0 Å². The molecule has 3 nitrogen and oxygen atoms in total. The highest BCUT2D eigenvalue weighted by Gasteiger charge is 2.08. The summed E-state index contributed by atoms with van der Waals surface area (Å²) in [6.45, 7) is 2.17. The van der Waals surface area contributed by atoms with Gasteiger partial charge in [-0.15, -0.1) is 0 Å². The Morgan fingerprint density at radius 3 is 2.52 bits per heavy atom. The molecule has 5 heteroatoms. The molecule has 0 heterocycles. The van der Waals surface area contributed by atoms with Crippen LogP contribution in [-0.4, -0.2) is 0 Å². The minimum absolute atomic E-state index is 0.0791. The van der Waals surface area contributed by atoms with Crippen LogP contribution in [-0.2, 0) is 6.61 Å². The smallest absolute Gasteiger partial charge is 0.138 e. The Kier molecular flexibility index (Phi) is 5.08. The lowest BCUT2D eigenvalue weighted by atomic mass is 10.1. The first-order valence-corrected chi connectivity index (χ1v) is 7.13. The van der Waals surface area contributed by atoms with E-state index in [1.54, 1.807) is 30.3 Å². The summed E-state index contributed by atoms with van der Waals surface area (Å²) in [5.41, 5.74) is 8.06. The molecule has 1 atom stereocenters. The van der Waals surface area contributed by atoms with Gasteiger partial charge in [0.1, 0.15) is 12.4 Å². The Morgan fingerprint density at radius 2 is 1.95 bits per heavy atom. The van der Waals surface area contributed by atoms with Crippen LogP contribution < -0.4 is 10.5 Å². The third kappa shape index (κ3) is 3.89. The normalized spacial score (nSPS) is 11.8. The average molecular weight is 321 g/mol. The van der Waals surface area contributed by atoms with Gasteiger partial charge in [0.15, 0.2) is 0 Å². The average Bonchev–Trinajstić information content (AvgIpc) is 2.46. The van der Waals surface area contributed by atoms with Gasteiger partial charge in [-0.25, -0.2) is 0 Å². The summed E-state index contributed by atoms with van der Waals surface area (Å²) in [7, 11) is 0. The van der Waals surface area contributed by atoms with Gasteiger partial charge in [-0.1, -0.05) is 35.3 Å². The molecule has 0 aliphatic carbocycles. The lowest BCUT2D eigenvalue weighted by Gasteiger charge is -2.12. The molecule has 2 rings (SSSR count). The number of nitrogens with two attached hydrogens (primary N) is 1. The van der Waals surface area contributed by atoms with Gasteiger partial charge in [0, 0.05) is 16.6 Å². The van der Waals surface area contributed by atoms with Crippen molar-refractivity contribution in [3.63, 3.8) is 0 Å². The number of hydrogen-bond donors (Lipinski definition) is 1. The van der Waals surface area contributed by atoms with Crippen LogP contribution in [0.5, 0.6) is 5.75 Å². The lowest BCUT2D eigenvalue weighted by molar-refractivity contribution is 0.306. The second-order valence-corrected chi connectivity index (χ2v) is 5.50. The third-order valence-corrected chi connectivity index (χ3v) is 3.69. The van der Waals surface area contributed by atoms with Gasteiger partial charge in [0.25, 0.3) is 0 Å². The van der Waals surface area contributed by atoms with Crippen LogP contribution in [0.4, 0.5) is 0 Å². The van der Waals surface area contributed by atoms with Crippen molar-refractivity contribution in [1.82, 2.24) is 0 Å². The Morgan fingerprint density at radius 1 is 1.19 bits per heavy atom. The quantitative estimate of drug-likeness (QED) is 0.904. The topological polar surface area (TPSA) is 59.0 Å². The maximum Gasteiger partial charge on any atom is 0.138 e. The van der Waals surface area contributed by atoms with Crippen molar-refractivity contribution < 1.29 is 4.74 Å². The van der Waals surface area contributed by atoms with Crippen molar-refractivity contribution in [2.24, 2.45) is 5.73 Å². The Hall–Kier alpha value is -1.73. The molecule has 2 N–H and O–H groups in total. The zero-order valence-corrected chi connectivity index (χ0v) is 12.9. The number of hydrogen-bond acceptors (Lipinski definition) is 3. The molecule has 21 heavy (non-hydrogen) atoms. The van der Waals surface area contributed by atoms with Crippen LogP contribution in [0.15, 0.2) is 36.4 Å². The second kappa shape index (κ2) is 6.82. The van der Waals surface area contributed by atoms with Crippen molar-refractivity contribution in [3.05, 3.63) is 63.1 Å². The summed E-state index contributed by atoms with van der Waals surface area (Å²) < 4.78 is 5.67. The molecule has 0 aliphatic heterocycles. The summed E-state index contributed by atoms with van der Waals surface area (Å²) in [5, 5.41) is 9.81. The first-order chi connectivity index (χ1) is 10.0. The van der Waals surface area contributed by atoms with Gasteiger partial charge in [-0.3, -0.25) is 0 Å². The number of nitrogens with zero attached hydrogens (tertiary/aromatic N) is 1. The molecule has 0 amide bonds. The molecule has 0 saturated heterocycles. The molecule has 0 aliphatic rings. The van der Waals surface area contributed by atoms with E-state index in [1.807, 2.05) is 19.1 Å². The number of ether oxygens (including phenoxy) is 1. The van der Waals surface area contributed by atoms with Gasteiger partial charge < -0.3 is 10.5 Å². The monoisotopic (exact) mass is 320 g/mol. The maximum atomic E-state index is 8.80. The summed E-state index contributed by atoms with van der Waals surface area (Å²) in [4.78, 5) is 0. The van der Waals surface area contributed by atoms with Gasteiger partial charge in [0.05, 0.1) is 16.7 Å². The number of halogens is 2. The van der Waals surface area contributed by atoms with E-state index in [-0.39, 0.29) is 12.6 Å². The van der Waals surface area contributed by atoms with Crippen LogP contribution in [0.2, 0.25) is 10.0 Å². The zero-order chi connectivity index (χ0) is 15.4. The number of nitriles is 1. The van der Waals surface area contributed by atoms with E-state index in [2.05, 4.69) is 0 Å². The Balaban J connectivity index is 2.12. The molecule has 0 radical (unpaired) electrons. The second-order valence-electron chi connectivity index (χ2n) is 4.69. The van der Waals surface area contributed by atoms with Gasteiger partial charge >= 0.3 is 0 Å². The van der Waals surface area contributed by atoms with Crippen molar-refractivity contribution in [2.75, 3.05) is 0 Å². The summed E-state index contributed by atoms with van der Waals surface area (Å²) >= 11 is 12.3. The van der Waals surface area contributed by atoms with E-state index in [0.29, 0.717) is 21.4 Å². The van der Waals surface area contributed by atoms with Crippen molar-refractivity contribution in [1.29, 1.82) is 5.26 Å². The van der Waals surface area contributed by atoms with Crippen LogP contribution >= 0.6 is 23.2 Å². The fraction of sp³-hybridized carbons (Fsp3) is 0.188. The summed E-state index contributed by atoms with van der Waals surface area (Å²) in [6, 6.07) is 12.5. The molecule has 0 aromatic heterocycles. The molecule has 2 aromatic rings. The minimum atomic E-state index is -0.0791. The SMILES string of the molecule is C[C@H](N)c1ccc(OCc2ccc(C#N)cc2Cl)c(Cl)c1. The number of benzene rings is 2. The summed E-state index contributed by atoms with van der Waals surface area (Å²) in [6.07, 6.45) is 0. The number of rotatable bonds is 4. The molecule has 0 saturated carbocycles. The van der Waals surface area contributed by atoms with Crippen molar-refractivity contribution in [3.8, 4) is 11.8 Å². The highest BCUT2D eigenvalue weighted by Crippen LogP contribution is 2.29. The highest BCUT2D eigenvalue weighted by atomic mass is 35.5. The predicted molar refractivity (Wildman–Crippen MR) is 84.6 cm³/mol. The first-order valence-electron chi connectivity index (χ1n) is 6.37. The maximum absolute atomic E-state index is 8.80. The van der Waals surface area contributed by atoms with E-state index in [4.69, 9.17) is 38.9 Å². The molecule has 0 bridgehead atoms. The molecule has 0 unspecified atom stereocenters. The van der Waals surface area contributed by atoms with Gasteiger partial charge in [0.2, 0.25) is 0 Å². The van der Waals surface area contributed by atoms with E-state index in [0.717, 1.165) is 11.1 Å². The highest BCUT2D eigenvalue weighted by molar-refractivity contribution is 6.32. The lowest BCUT2D eigenvalue weighted by Crippen LogP contribution is -2.05. The first kappa shape index (κ1) is 15.7. The fourth-order valence-corrected chi connectivity index (χ4v) is 2.29. The molecule has 0 fully saturated rings. The minimum Gasteiger partial charge on any atom is -0.487 e. The largest absolute Gasteiger partial charge is 0.487 e. The molecule has 2 aromatic carbocycles. The standard InChI is InChI=1S/C16H14Cl2N2O/c1-10(20)12-4-5-16(15(18)7-12)21-9-13-3-2-11(8-19)6-14(13)17/h2-7,10H,9,20H2,1H3/t10-/m0/s1. The zero-order valence-electron chi connectivity index (χ0n) is 11.4. The Bertz CT molecular complexity index is 693. The van der Waals surface area contributed by atoms with Crippen LogP contribution in [0.25, 0.3) is 0 Å². The summed E-state index contributed by atoms with van der Waals surface area (Å²) in [5.74, 6) is 0.571. The van der Waals surface area contributed by atoms with Crippen molar-refractivity contribution in [2.45, 2.75) is 19.6 Å².